The summed E-state index contributed by atoms with van der Waals surface area (Å²) in [5, 5.41) is 5.65. The van der Waals surface area contributed by atoms with Crippen molar-refractivity contribution in [3.63, 3.8) is 0 Å². The van der Waals surface area contributed by atoms with Crippen LogP contribution in [0.2, 0.25) is 5.02 Å². The van der Waals surface area contributed by atoms with Gasteiger partial charge in [0, 0.05) is 29.3 Å². The van der Waals surface area contributed by atoms with Crippen molar-refractivity contribution in [1.82, 2.24) is 15.6 Å². The second-order valence-electron chi connectivity index (χ2n) is 11.1. The Morgan fingerprint density at radius 3 is 2.36 bits per heavy atom. The Balaban J connectivity index is 1.37. The number of anilines is 1. The minimum absolute atomic E-state index is 0.0312. The summed E-state index contributed by atoms with van der Waals surface area (Å²) in [6, 6.07) is 8.84. The van der Waals surface area contributed by atoms with Crippen molar-refractivity contribution in [2.24, 2.45) is 0 Å². The van der Waals surface area contributed by atoms with Gasteiger partial charge in [0.05, 0.1) is 5.56 Å². The maximum Gasteiger partial charge on any atom is 0.405 e. The van der Waals surface area contributed by atoms with Gasteiger partial charge in [0.1, 0.15) is 18.1 Å². The highest BCUT2D eigenvalue weighted by atomic mass is 35.5. The van der Waals surface area contributed by atoms with Gasteiger partial charge in [-0.05, 0) is 81.3 Å². The van der Waals surface area contributed by atoms with Gasteiger partial charge in [-0.3, -0.25) is 9.59 Å². The van der Waals surface area contributed by atoms with E-state index in [1.165, 1.54) is 12.3 Å². The van der Waals surface area contributed by atoms with Gasteiger partial charge in [0.2, 0.25) is 0 Å². The normalized spacial score (nSPS) is 21.2. The van der Waals surface area contributed by atoms with E-state index in [1.807, 2.05) is 25.2 Å². The standard InChI is InChI=1S/C28H34ClF3N4O3/c1-16(2)22-11-18(29)6-9-23(22)39-27(3,4)26(38)35-19-12-20-7-8-21(13-19)36(20)24-10-5-17(14-33-24)25(37)34-15-28(30,31)32/h5-6,9-11,14,16,19-21H,7-8,12-13,15H2,1-4H3,(H,34,37)(H,35,38)/t19?,20-,21+. The van der Waals surface area contributed by atoms with Gasteiger partial charge in [-0.15, -0.1) is 0 Å². The number of pyridine rings is 1. The smallest absolute Gasteiger partial charge is 0.405 e. The van der Waals surface area contributed by atoms with Crippen LogP contribution in [0, 0.1) is 0 Å². The molecule has 7 nitrogen and oxygen atoms in total. The van der Waals surface area contributed by atoms with E-state index in [1.54, 1.807) is 32.0 Å². The number of fused-ring (bicyclic) bond motifs is 2. The van der Waals surface area contributed by atoms with Crippen molar-refractivity contribution >= 4 is 29.2 Å². The predicted octanol–water partition coefficient (Wildman–Crippen LogP) is 5.62. The van der Waals surface area contributed by atoms with E-state index in [4.69, 9.17) is 16.3 Å². The molecule has 1 aromatic carbocycles. The van der Waals surface area contributed by atoms with Crippen LogP contribution >= 0.6 is 11.6 Å². The summed E-state index contributed by atoms with van der Waals surface area (Å²) in [5.74, 6) is 0.463. The molecule has 212 valence electrons. The maximum absolute atomic E-state index is 13.3. The molecule has 4 rings (SSSR count). The fourth-order valence-corrected chi connectivity index (χ4v) is 5.55. The van der Waals surface area contributed by atoms with Gasteiger partial charge in [-0.1, -0.05) is 25.4 Å². The Kier molecular flexibility index (Phi) is 8.35. The number of hydrogen-bond donors (Lipinski definition) is 2. The Bertz CT molecular complexity index is 1190. The average Bonchev–Trinajstić information content (AvgIpc) is 3.13. The number of alkyl halides is 3. The molecule has 2 aliphatic rings. The lowest BCUT2D eigenvalue weighted by atomic mass is 9.96. The Morgan fingerprint density at radius 1 is 1.13 bits per heavy atom. The maximum atomic E-state index is 13.3. The summed E-state index contributed by atoms with van der Waals surface area (Å²) in [5.41, 5.74) is -0.0929. The molecular formula is C28H34ClF3N4O3. The SMILES string of the molecule is CC(C)c1cc(Cl)ccc1OC(C)(C)C(=O)NC1C[C@H]2CC[C@@H](C1)N2c1ccc(C(=O)NCC(F)(F)F)cn1. The van der Waals surface area contributed by atoms with E-state index < -0.39 is 24.2 Å². The number of ether oxygens (including phenoxy) is 1. The monoisotopic (exact) mass is 566 g/mol. The molecule has 0 saturated carbocycles. The van der Waals surface area contributed by atoms with Crippen LogP contribution in [-0.2, 0) is 4.79 Å². The molecule has 3 heterocycles. The number of nitrogens with one attached hydrogen (secondary N) is 2. The first kappa shape index (κ1) is 29.0. The van der Waals surface area contributed by atoms with E-state index >= 15 is 0 Å². The number of aromatic nitrogens is 1. The fourth-order valence-electron chi connectivity index (χ4n) is 5.37. The molecule has 1 unspecified atom stereocenters. The van der Waals surface area contributed by atoms with Crippen LogP contribution in [0.15, 0.2) is 36.5 Å². The van der Waals surface area contributed by atoms with Crippen molar-refractivity contribution in [2.45, 2.75) is 89.2 Å². The zero-order valence-corrected chi connectivity index (χ0v) is 23.2. The molecule has 2 fully saturated rings. The first-order valence-corrected chi connectivity index (χ1v) is 13.5. The summed E-state index contributed by atoms with van der Waals surface area (Å²) in [7, 11) is 0. The summed E-state index contributed by atoms with van der Waals surface area (Å²) in [6.45, 7) is 6.19. The van der Waals surface area contributed by atoms with Crippen molar-refractivity contribution in [1.29, 1.82) is 0 Å². The van der Waals surface area contributed by atoms with Crippen LogP contribution in [-0.4, -0.2) is 53.2 Å². The molecule has 0 aliphatic carbocycles. The van der Waals surface area contributed by atoms with E-state index in [-0.39, 0.29) is 35.5 Å². The molecule has 2 N–H and O–H groups in total. The van der Waals surface area contributed by atoms with Gasteiger partial charge in [-0.25, -0.2) is 4.98 Å². The molecule has 2 aromatic rings. The summed E-state index contributed by atoms with van der Waals surface area (Å²) in [4.78, 5) is 31.9. The number of hydrogen-bond acceptors (Lipinski definition) is 5. The third-order valence-electron chi connectivity index (χ3n) is 7.30. The highest BCUT2D eigenvalue weighted by Gasteiger charge is 2.43. The third-order valence-corrected chi connectivity index (χ3v) is 7.53. The molecule has 2 bridgehead atoms. The van der Waals surface area contributed by atoms with Gasteiger partial charge in [-0.2, -0.15) is 13.2 Å². The lowest BCUT2D eigenvalue weighted by molar-refractivity contribution is -0.135. The lowest BCUT2D eigenvalue weighted by Crippen LogP contribution is -2.55. The second-order valence-corrected chi connectivity index (χ2v) is 11.5. The lowest BCUT2D eigenvalue weighted by Gasteiger charge is -2.41. The summed E-state index contributed by atoms with van der Waals surface area (Å²) in [6.07, 6.45) is 0.161. The van der Waals surface area contributed by atoms with Crippen LogP contribution in [0.4, 0.5) is 19.0 Å². The molecule has 3 atom stereocenters. The Hall–Kier alpha value is -3.01. The quantitative estimate of drug-likeness (QED) is 0.433. The van der Waals surface area contributed by atoms with Gasteiger partial charge >= 0.3 is 6.18 Å². The molecule has 2 aliphatic heterocycles. The zero-order chi connectivity index (χ0) is 28.5. The number of benzene rings is 1. The minimum Gasteiger partial charge on any atom is -0.478 e. The van der Waals surface area contributed by atoms with Crippen LogP contribution in [0.25, 0.3) is 0 Å². The molecule has 2 amide bonds. The molecule has 39 heavy (non-hydrogen) atoms. The van der Waals surface area contributed by atoms with E-state index in [9.17, 15) is 22.8 Å². The summed E-state index contributed by atoms with van der Waals surface area (Å²) < 4.78 is 43.4. The second kappa shape index (κ2) is 11.2. The van der Waals surface area contributed by atoms with Crippen molar-refractivity contribution < 1.29 is 27.5 Å². The first-order chi connectivity index (χ1) is 18.2. The van der Waals surface area contributed by atoms with Crippen molar-refractivity contribution in [3.8, 4) is 5.75 Å². The van der Waals surface area contributed by atoms with Crippen molar-refractivity contribution in [2.75, 3.05) is 11.4 Å². The van der Waals surface area contributed by atoms with E-state index in [0.29, 0.717) is 16.6 Å². The van der Waals surface area contributed by atoms with Crippen LogP contribution < -0.4 is 20.3 Å². The van der Waals surface area contributed by atoms with E-state index in [2.05, 4.69) is 15.2 Å². The highest BCUT2D eigenvalue weighted by Crippen LogP contribution is 2.39. The fraction of sp³-hybridized carbons (Fsp3) is 0.536. The van der Waals surface area contributed by atoms with E-state index in [0.717, 1.165) is 31.2 Å². The first-order valence-electron chi connectivity index (χ1n) is 13.1. The number of piperidine rings is 1. The largest absolute Gasteiger partial charge is 0.478 e. The number of carbonyl (C=O) groups is 2. The number of carbonyl (C=O) groups excluding carboxylic acids is 2. The predicted molar refractivity (Wildman–Crippen MR) is 143 cm³/mol. The van der Waals surface area contributed by atoms with Gasteiger partial charge in [0.25, 0.3) is 11.8 Å². The Labute approximate surface area is 231 Å². The van der Waals surface area contributed by atoms with Crippen molar-refractivity contribution in [3.05, 3.63) is 52.7 Å². The molecule has 11 heteroatoms. The molecule has 2 saturated heterocycles. The third kappa shape index (κ3) is 6.96. The highest BCUT2D eigenvalue weighted by molar-refractivity contribution is 6.30. The topological polar surface area (TPSA) is 83.6 Å². The van der Waals surface area contributed by atoms with Crippen LogP contribution in [0.5, 0.6) is 5.75 Å². The average molecular weight is 567 g/mol. The van der Waals surface area contributed by atoms with Crippen LogP contribution in [0.1, 0.15) is 75.2 Å². The molecule has 0 radical (unpaired) electrons. The Morgan fingerprint density at radius 2 is 1.79 bits per heavy atom. The minimum atomic E-state index is -4.48. The number of nitrogens with zero attached hydrogens (tertiary/aromatic N) is 2. The molecular weight excluding hydrogens is 533 g/mol. The molecule has 0 spiro atoms. The van der Waals surface area contributed by atoms with Crippen LogP contribution in [0.3, 0.4) is 0 Å². The zero-order valence-electron chi connectivity index (χ0n) is 22.4. The number of amides is 2. The summed E-state index contributed by atoms with van der Waals surface area (Å²) >= 11 is 6.16. The number of rotatable bonds is 8. The van der Waals surface area contributed by atoms with Gasteiger partial charge < -0.3 is 20.3 Å². The van der Waals surface area contributed by atoms with Gasteiger partial charge in [0.15, 0.2) is 5.60 Å². The number of halogens is 4. The molecule has 1 aromatic heterocycles.